The molecule has 0 atom stereocenters. The van der Waals surface area contributed by atoms with Crippen LogP contribution < -0.4 is 10.2 Å². The fourth-order valence-corrected chi connectivity index (χ4v) is 3.35. The number of hydrogen-bond acceptors (Lipinski definition) is 8. The molecule has 0 saturated heterocycles. The molecule has 0 saturated carbocycles. The number of hydrogen-bond donors (Lipinski definition) is 1. The second-order valence-corrected chi connectivity index (χ2v) is 6.62. The zero-order valence-electron chi connectivity index (χ0n) is 12.0. The second kappa shape index (κ2) is 6.64. The van der Waals surface area contributed by atoms with Crippen molar-refractivity contribution in [3.63, 3.8) is 0 Å². The molecule has 1 N–H and O–H groups in total. The number of benzene rings is 1. The zero-order valence-corrected chi connectivity index (χ0v) is 13.6. The van der Waals surface area contributed by atoms with E-state index in [0.717, 1.165) is 22.7 Å². The molecule has 0 spiro atoms. The van der Waals surface area contributed by atoms with Crippen LogP contribution in [0, 0.1) is 10.1 Å². The Kier molecular flexibility index (Phi) is 4.55. The maximum absolute atomic E-state index is 12.2. The topological polar surface area (TPSA) is 89.7 Å². The van der Waals surface area contributed by atoms with Crippen molar-refractivity contribution < 1.29 is 22.8 Å². The van der Waals surface area contributed by atoms with Gasteiger partial charge in [-0.05, 0) is 18.2 Å². The van der Waals surface area contributed by atoms with Crippen LogP contribution in [0.5, 0.6) is 5.75 Å². The molecular formula is C13H7F3N4O3S2. The van der Waals surface area contributed by atoms with Crippen molar-refractivity contribution >= 4 is 49.2 Å². The second-order valence-electron chi connectivity index (χ2n) is 4.50. The van der Waals surface area contributed by atoms with Crippen molar-refractivity contribution in [2.24, 2.45) is 5.10 Å². The van der Waals surface area contributed by atoms with E-state index in [-0.39, 0.29) is 10.8 Å². The molecule has 0 radical (unpaired) electrons. The van der Waals surface area contributed by atoms with Gasteiger partial charge in [-0.25, -0.2) is 4.98 Å². The maximum Gasteiger partial charge on any atom is 0.573 e. The first-order valence-electron chi connectivity index (χ1n) is 6.50. The summed E-state index contributed by atoms with van der Waals surface area (Å²) in [5.41, 5.74) is 3.13. The van der Waals surface area contributed by atoms with E-state index in [9.17, 15) is 23.3 Å². The van der Waals surface area contributed by atoms with E-state index in [0.29, 0.717) is 20.2 Å². The third-order valence-electron chi connectivity index (χ3n) is 2.74. The molecule has 0 bridgehead atoms. The molecule has 1 aromatic carbocycles. The van der Waals surface area contributed by atoms with Gasteiger partial charge in [-0.1, -0.05) is 22.7 Å². The number of fused-ring (bicyclic) bond motifs is 1. The Morgan fingerprint density at radius 2 is 2.08 bits per heavy atom. The summed E-state index contributed by atoms with van der Waals surface area (Å²) in [6.45, 7) is 0. The molecule has 3 aromatic rings. The molecule has 0 unspecified atom stereocenters. The lowest BCUT2D eigenvalue weighted by atomic mass is 10.3. The van der Waals surface area contributed by atoms with E-state index in [1.165, 1.54) is 30.5 Å². The zero-order chi connectivity index (χ0) is 18.0. The molecule has 0 aliphatic rings. The first-order valence-corrected chi connectivity index (χ1v) is 8.13. The summed E-state index contributed by atoms with van der Waals surface area (Å²) in [7, 11) is 0. The van der Waals surface area contributed by atoms with Crippen LogP contribution in [-0.4, -0.2) is 22.5 Å². The number of nitrogens with one attached hydrogen (secondary N) is 1. The van der Waals surface area contributed by atoms with Gasteiger partial charge in [-0.3, -0.25) is 15.5 Å². The number of nitro groups is 1. The van der Waals surface area contributed by atoms with Gasteiger partial charge in [-0.15, -0.1) is 13.2 Å². The average molecular weight is 388 g/mol. The third kappa shape index (κ3) is 4.42. The predicted octanol–water partition coefficient (Wildman–Crippen LogP) is 4.61. The molecule has 2 heterocycles. The maximum atomic E-state index is 12.2. The van der Waals surface area contributed by atoms with E-state index in [4.69, 9.17) is 0 Å². The first kappa shape index (κ1) is 17.1. The van der Waals surface area contributed by atoms with Gasteiger partial charge in [0.1, 0.15) is 5.75 Å². The Balaban J connectivity index is 1.71. The van der Waals surface area contributed by atoms with Crippen molar-refractivity contribution in [3.05, 3.63) is 45.3 Å². The summed E-state index contributed by atoms with van der Waals surface area (Å²) in [4.78, 5) is 14.8. The highest BCUT2D eigenvalue weighted by Gasteiger charge is 2.31. The number of anilines is 1. The average Bonchev–Trinajstić information content (AvgIpc) is 3.11. The Labute approximate surface area is 145 Å². The number of aromatic nitrogens is 1. The summed E-state index contributed by atoms with van der Waals surface area (Å²) in [5, 5.41) is 14.9. The predicted molar refractivity (Wildman–Crippen MR) is 88.5 cm³/mol. The van der Waals surface area contributed by atoms with Gasteiger partial charge in [0.05, 0.1) is 26.2 Å². The number of alkyl halides is 3. The quantitative estimate of drug-likeness (QED) is 0.392. The monoisotopic (exact) mass is 388 g/mol. The highest BCUT2D eigenvalue weighted by atomic mass is 32.1. The summed E-state index contributed by atoms with van der Waals surface area (Å²) < 4.78 is 41.0. The van der Waals surface area contributed by atoms with Gasteiger partial charge in [0.25, 0.3) is 0 Å². The summed E-state index contributed by atoms with van der Waals surface area (Å²) in [6, 6.07) is 6.73. The number of rotatable bonds is 5. The van der Waals surface area contributed by atoms with Crippen molar-refractivity contribution in [1.82, 2.24) is 4.98 Å². The lowest BCUT2D eigenvalue weighted by Crippen LogP contribution is -2.16. The third-order valence-corrected chi connectivity index (χ3v) is 4.63. The number of thiophene rings is 1. The molecule has 2 aromatic heterocycles. The summed E-state index contributed by atoms with van der Waals surface area (Å²) >= 11 is 2.05. The van der Waals surface area contributed by atoms with E-state index in [1.807, 2.05) is 0 Å². The molecule has 7 nitrogen and oxygen atoms in total. The van der Waals surface area contributed by atoms with E-state index < -0.39 is 11.3 Å². The van der Waals surface area contributed by atoms with Crippen molar-refractivity contribution in [2.75, 3.05) is 5.43 Å². The molecule has 25 heavy (non-hydrogen) atoms. The highest BCUT2D eigenvalue weighted by molar-refractivity contribution is 7.22. The summed E-state index contributed by atoms with van der Waals surface area (Å²) in [5.74, 6) is -0.329. The number of halogens is 3. The fourth-order valence-electron chi connectivity index (χ4n) is 1.81. The summed E-state index contributed by atoms with van der Waals surface area (Å²) in [6.07, 6.45) is -3.37. The van der Waals surface area contributed by atoms with E-state index in [2.05, 4.69) is 20.2 Å². The number of thiazole rings is 1. The van der Waals surface area contributed by atoms with E-state index in [1.54, 1.807) is 6.07 Å². The lowest BCUT2D eigenvalue weighted by molar-refractivity contribution is -0.380. The Morgan fingerprint density at radius 1 is 1.28 bits per heavy atom. The molecule has 12 heteroatoms. The van der Waals surface area contributed by atoms with Crippen molar-refractivity contribution in [3.8, 4) is 5.75 Å². The molecule has 0 aliphatic carbocycles. The Bertz CT molecular complexity index is 952. The minimum absolute atomic E-state index is 0.00127. The van der Waals surface area contributed by atoms with Crippen LogP contribution >= 0.6 is 22.7 Å². The van der Waals surface area contributed by atoms with Crippen LogP contribution in [0.4, 0.5) is 23.3 Å². The fraction of sp³-hybridized carbons (Fsp3) is 0.0769. The minimum Gasteiger partial charge on any atom is -0.406 e. The molecular weight excluding hydrogens is 381 g/mol. The van der Waals surface area contributed by atoms with Crippen LogP contribution in [0.15, 0.2) is 35.4 Å². The Morgan fingerprint density at radius 3 is 2.76 bits per heavy atom. The van der Waals surface area contributed by atoms with Gasteiger partial charge >= 0.3 is 11.4 Å². The molecule has 0 amide bonds. The van der Waals surface area contributed by atoms with Gasteiger partial charge in [0.2, 0.25) is 5.13 Å². The SMILES string of the molecule is O=[N+]([O-])c1ccc(C=NNc2nc3ccc(OC(F)(F)F)cc3s2)s1. The van der Waals surface area contributed by atoms with Crippen molar-refractivity contribution in [1.29, 1.82) is 0 Å². The van der Waals surface area contributed by atoms with Gasteiger partial charge < -0.3 is 4.74 Å². The first-order chi connectivity index (χ1) is 11.8. The van der Waals surface area contributed by atoms with Crippen LogP contribution in [0.25, 0.3) is 10.2 Å². The van der Waals surface area contributed by atoms with E-state index >= 15 is 0 Å². The lowest BCUT2D eigenvalue weighted by Gasteiger charge is -2.07. The standard InChI is InChI=1S/C13H7F3N4O3S2/c14-13(15,16)23-7-1-3-9-10(5-7)25-12(18-9)19-17-6-8-2-4-11(24-8)20(21)22/h1-6H,(H,18,19). The molecule has 0 aliphatic heterocycles. The normalized spacial score (nSPS) is 12.0. The molecule has 0 fully saturated rings. The Hall–Kier alpha value is -2.73. The van der Waals surface area contributed by atoms with Gasteiger partial charge in [0, 0.05) is 12.1 Å². The number of ether oxygens (including phenoxy) is 1. The van der Waals surface area contributed by atoms with Gasteiger partial charge in [0.15, 0.2) is 0 Å². The largest absolute Gasteiger partial charge is 0.573 e. The number of nitrogens with zero attached hydrogens (tertiary/aromatic N) is 3. The van der Waals surface area contributed by atoms with Crippen LogP contribution in [0.1, 0.15) is 4.88 Å². The number of hydrazone groups is 1. The van der Waals surface area contributed by atoms with Crippen molar-refractivity contribution in [2.45, 2.75) is 6.36 Å². The molecule has 3 rings (SSSR count). The van der Waals surface area contributed by atoms with Gasteiger partial charge in [-0.2, -0.15) is 5.10 Å². The van der Waals surface area contributed by atoms with Crippen LogP contribution in [0.3, 0.4) is 0 Å². The smallest absolute Gasteiger partial charge is 0.406 e. The minimum atomic E-state index is -4.76. The highest BCUT2D eigenvalue weighted by Crippen LogP contribution is 2.31. The van der Waals surface area contributed by atoms with Crippen LogP contribution in [-0.2, 0) is 0 Å². The molecule has 130 valence electrons. The van der Waals surface area contributed by atoms with Crippen LogP contribution in [0.2, 0.25) is 0 Å².